The molecule has 3 aliphatic carbocycles. The molecule has 0 aromatic heterocycles. The highest BCUT2D eigenvalue weighted by molar-refractivity contribution is 6.27. The van der Waals surface area contributed by atoms with Crippen molar-refractivity contribution in [1.29, 1.82) is 0 Å². The number of carbonyl (C=O) groups excluding carboxylic acids is 5. The number of aliphatic hydroxyl groups is 1. The normalized spacial score (nSPS) is 36.4. The first kappa shape index (κ1) is 27.6. The van der Waals surface area contributed by atoms with Gasteiger partial charge in [-0.15, -0.1) is 0 Å². The molecule has 0 aliphatic heterocycles. The van der Waals surface area contributed by atoms with Crippen LogP contribution in [0.15, 0.2) is 42.0 Å². The van der Waals surface area contributed by atoms with Gasteiger partial charge in [0.25, 0.3) is 0 Å². The summed E-state index contributed by atoms with van der Waals surface area (Å²) in [6.45, 7) is 14.9. The molecule has 202 valence electrons. The van der Waals surface area contributed by atoms with Crippen molar-refractivity contribution in [1.82, 2.24) is 0 Å². The molecule has 2 unspecified atom stereocenters. The fraction of sp³-hybridized carbons (Fsp3) is 0.500. The molecule has 1 aromatic carbocycles. The number of aromatic hydroxyl groups is 1. The van der Waals surface area contributed by atoms with E-state index in [1.54, 1.807) is 32.9 Å². The fourth-order valence-corrected chi connectivity index (χ4v) is 7.89. The Morgan fingerprint density at radius 2 is 1.74 bits per heavy atom. The number of allylic oxidation sites excluding steroid dienone is 1. The molecule has 0 heterocycles. The van der Waals surface area contributed by atoms with E-state index in [9.17, 15) is 34.2 Å². The van der Waals surface area contributed by atoms with Crippen LogP contribution in [-0.4, -0.2) is 51.0 Å². The van der Waals surface area contributed by atoms with Gasteiger partial charge in [0.15, 0.2) is 23.0 Å². The van der Waals surface area contributed by atoms with Gasteiger partial charge in [-0.05, 0) is 44.2 Å². The first-order valence-electron chi connectivity index (χ1n) is 12.8. The standard InChI is InChI=1S/C30H34O8/c1-9-19(33)38-27-28(7)15(5)17-11-10-12-18(32)21(17)24(34)23(28)26(36)30(37)25(35)20(16(6)31)14(4)22(13(2)3)29(27,30)8/h9-13,15,20,23,27,32,37H,1H2,2-8H3/t15-,20?,23?,27-,28+,29+,30+/m0/s1. The predicted molar refractivity (Wildman–Crippen MR) is 137 cm³/mol. The van der Waals surface area contributed by atoms with Gasteiger partial charge in [0.2, 0.25) is 0 Å². The van der Waals surface area contributed by atoms with E-state index in [2.05, 4.69) is 6.58 Å². The Morgan fingerprint density at radius 3 is 2.26 bits per heavy atom. The van der Waals surface area contributed by atoms with Gasteiger partial charge < -0.3 is 14.9 Å². The number of ketones is 4. The Kier molecular flexibility index (Phi) is 6.23. The molecule has 8 nitrogen and oxygen atoms in total. The van der Waals surface area contributed by atoms with Crippen LogP contribution in [0, 0.1) is 28.6 Å². The van der Waals surface area contributed by atoms with E-state index in [0.717, 1.165) is 6.08 Å². The minimum absolute atomic E-state index is 0.0704. The van der Waals surface area contributed by atoms with Gasteiger partial charge in [0, 0.05) is 11.5 Å². The Balaban J connectivity index is 2.19. The molecule has 0 saturated heterocycles. The Hall–Kier alpha value is -3.39. The fourth-order valence-electron chi connectivity index (χ4n) is 7.89. The zero-order chi connectivity index (χ0) is 28.7. The second-order valence-electron chi connectivity index (χ2n) is 11.6. The lowest BCUT2D eigenvalue weighted by Gasteiger charge is -2.65. The van der Waals surface area contributed by atoms with Crippen molar-refractivity contribution < 1.29 is 38.9 Å². The Morgan fingerprint density at radius 1 is 1.13 bits per heavy atom. The van der Waals surface area contributed by atoms with Crippen molar-refractivity contribution in [2.24, 2.45) is 28.6 Å². The summed E-state index contributed by atoms with van der Waals surface area (Å²) in [6.07, 6.45) is -0.409. The number of ether oxygens (including phenoxy) is 1. The number of fused-ring (bicyclic) bond motifs is 3. The Labute approximate surface area is 221 Å². The maximum atomic E-state index is 14.5. The van der Waals surface area contributed by atoms with Crippen LogP contribution in [0.3, 0.4) is 0 Å². The van der Waals surface area contributed by atoms with Gasteiger partial charge >= 0.3 is 5.97 Å². The van der Waals surface area contributed by atoms with Crippen LogP contribution in [0.5, 0.6) is 5.75 Å². The summed E-state index contributed by atoms with van der Waals surface area (Å²) in [6, 6.07) is 4.58. The third kappa shape index (κ3) is 3.04. The summed E-state index contributed by atoms with van der Waals surface area (Å²) >= 11 is 0. The first-order chi connectivity index (χ1) is 17.5. The number of hydrogen-bond donors (Lipinski definition) is 2. The lowest BCUT2D eigenvalue weighted by Crippen LogP contribution is -2.79. The Bertz CT molecular complexity index is 1350. The molecule has 3 aliphatic rings. The lowest BCUT2D eigenvalue weighted by molar-refractivity contribution is -0.222. The number of carbonyl (C=O) groups is 5. The van der Waals surface area contributed by atoms with Gasteiger partial charge in [-0.3, -0.25) is 19.2 Å². The zero-order valence-electron chi connectivity index (χ0n) is 22.7. The van der Waals surface area contributed by atoms with Crippen LogP contribution in [0.2, 0.25) is 0 Å². The molecule has 4 rings (SSSR count). The second kappa shape index (κ2) is 8.56. The smallest absolute Gasteiger partial charge is 0.330 e. The van der Waals surface area contributed by atoms with Gasteiger partial charge in [0.05, 0.1) is 16.9 Å². The van der Waals surface area contributed by atoms with E-state index < -0.39 is 69.4 Å². The molecular weight excluding hydrogens is 488 g/mol. The SMILES string of the molecule is C=CC(=O)O[C@H]1[C@@]2(C)C(C(=O)c3c(O)cccc3[C@@H]2C)C(=O)[C@]2(O)C(=O)C(C(C)=O)C(C)=C(C(C)C)[C@]12C. The van der Waals surface area contributed by atoms with E-state index >= 15 is 0 Å². The van der Waals surface area contributed by atoms with Crippen LogP contribution in [-0.2, 0) is 23.9 Å². The number of esters is 1. The van der Waals surface area contributed by atoms with E-state index in [4.69, 9.17) is 4.74 Å². The molecule has 0 spiro atoms. The third-order valence-corrected chi connectivity index (χ3v) is 9.49. The highest BCUT2D eigenvalue weighted by Gasteiger charge is 2.79. The van der Waals surface area contributed by atoms with Crippen molar-refractivity contribution >= 4 is 29.1 Å². The van der Waals surface area contributed by atoms with Crippen molar-refractivity contribution in [2.45, 2.75) is 66.1 Å². The minimum Gasteiger partial charge on any atom is -0.507 e. The molecule has 8 heteroatoms. The highest BCUT2D eigenvalue weighted by atomic mass is 16.5. The monoisotopic (exact) mass is 522 g/mol. The van der Waals surface area contributed by atoms with Crippen molar-refractivity contribution in [3.05, 3.63) is 53.1 Å². The molecule has 0 radical (unpaired) electrons. The van der Waals surface area contributed by atoms with E-state index in [0.29, 0.717) is 16.7 Å². The summed E-state index contributed by atoms with van der Waals surface area (Å²) in [5, 5.41) is 23.0. The number of phenolic OH excluding ortho intramolecular Hbond substituents is 1. The summed E-state index contributed by atoms with van der Waals surface area (Å²) in [7, 11) is 0. The average molecular weight is 523 g/mol. The quantitative estimate of drug-likeness (QED) is 0.266. The predicted octanol–water partition coefficient (Wildman–Crippen LogP) is 3.49. The maximum Gasteiger partial charge on any atom is 0.330 e. The van der Waals surface area contributed by atoms with Gasteiger partial charge in [-0.2, -0.15) is 0 Å². The van der Waals surface area contributed by atoms with E-state index in [1.807, 2.05) is 13.8 Å². The van der Waals surface area contributed by atoms with Crippen molar-refractivity contribution in [3.63, 3.8) is 0 Å². The van der Waals surface area contributed by atoms with Crippen LogP contribution in [0.25, 0.3) is 0 Å². The number of benzene rings is 1. The molecule has 0 amide bonds. The number of rotatable bonds is 4. The van der Waals surface area contributed by atoms with Gasteiger partial charge in [0.1, 0.15) is 23.6 Å². The molecule has 7 atom stereocenters. The van der Waals surface area contributed by atoms with Crippen LogP contribution >= 0.6 is 0 Å². The van der Waals surface area contributed by atoms with E-state index in [-0.39, 0.29) is 17.2 Å². The number of hydrogen-bond acceptors (Lipinski definition) is 8. The molecule has 0 bridgehead atoms. The molecule has 2 N–H and O–H groups in total. The largest absolute Gasteiger partial charge is 0.507 e. The molecule has 1 aromatic rings. The number of phenols is 1. The van der Waals surface area contributed by atoms with Crippen LogP contribution in [0.4, 0.5) is 0 Å². The molecule has 1 saturated carbocycles. The summed E-state index contributed by atoms with van der Waals surface area (Å²) in [5.74, 6) is -8.63. The average Bonchev–Trinajstić information content (AvgIpc) is 2.82. The second-order valence-corrected chi connectivity index (χ2v) is 11.6. The topological polar surface area (TPSA) is 135 Å². The van der Waals surface area contributed by atoms with Crippen LogP contribution in [0.1, 0.15) is 70.3 Å². The molecular formula is C30H34O8. The van der Waals surface area contributed by atoms with Crippen molar-refractivity contribution in [3.8, 4) is 5.75 Å². The number of Topliss-reactive ketones (excluding diaryl/α,β-unsaturated/α-hetero) is 4. The molecule has 38 heavy (non-hydrogen) atoms. The summed E-state index contributed by atoms with van der Waals surface area (Å²) < 4.78 is 5.98. The summed E-state index contributed by atoms with van der Waals surface area (Å²) in [4.78, 5) is 68.1. The lowest BCUT2D eigenvalue weighted by atomic mass is 9.38. The highest BCUT2D eigenvalue weighted by Crippen LogP contribution is 2.67. The first-order valence-corrected chi connectivity index (χ1v) is 12.8. The molecule has 1 fully saturated rings. The maximum absolute atomic E-state index is 14.5. The van der Waals surface area contributed by atoms with Gasteiger partial charge in [-0.1, -0.05) is 57.6 Å². The minimum atomic E-state index is -2.85. The van der Waals surface area contributed by atoms with E-state index in [1.165, 1.54) is 19.9 Å². The summed E-state index contributed by atoms with van der Waals surface area (Å²) in [5.41, 5.74) is -4.85. The van der Waals surface area contributed by atoms with Crippen molar-refractivity contribution in [2.75, 3.05) is 0 Å². The van der Waals surface area contributed by atoms with Crippen LogP contribution < -0.4 is 0 Å². The van der Waals surface area contributed by atoms with Gasteiger partial charge in [-0.25, -0.2) is 4.79 Å². The zero-order valence-corrected chi connectivity index (χ0v) is 22.7. The third-order valence-electron chi connectivity index (χ3n) is 9.49.